The van der Waals surface area contributed by atoms with Crippen LogP contribution < -0.4 is 5.32 Å². The predicted octanol–water partition coefficient (Wildman–Crippen LogP) is 0.954. The molecule has 0 aromatic heterocycles. The fourth-order valence-corrected chi connectivity index (χ4v) is 1.10. The van der Waals surface area contributed by atoms with Crippen molar-refractivity contribution in [3.63, 3.8) is 0 Å². The molecule has 0 aromatic carbocycles. The molecule has 0 amide bonds. The monoisotopic (exact) mass is 117 g/mol. The lowest BCUT2D eigenvalue weighted by molar-refractivity contribution is 0.278. The molecule has 0 radical (unpaired) electrons. The Bertz CT molecular complexity index is 74.9. The molecule has 8 heavy (non-hydrogen) atoms. The number of hydrogen-bond donors (Lipinski definition) is 1. The molecule has 2 atom stereocenters. The molecule has 1 aliphatic rings. The number of hydrogen-bond acceptors (Lipinski definition) is 1. The minimum absolute atomic E-state index is 0.287. The van der Waals surface area contributed by atoms with Crippen molar-refractivity contribution < 1.29 is 4.39 Å². The van der Waals surface area contributed by atoms with E-state index >= 15 is 0 Å². The van der Waals surface area contributed by atoms with Crippen molar-refractivity contribution in [2.75, 3.05) is 13.1 Å². The maximum atomic E-state index is 12.5. The smallest absolute Gasteiger partial charge is 0.116 e. The summed E-state index contributed by atoms with van der Waals surface area (Å²) >= 11 is 0. The summed E-state index contributed by atoms with van der Waals surface area (Å²) < 4.78 is 12.5. The molecule has 2 heteroatoms. The van der Waals surface area contributed by atoms with Gasteiger partial charge < -0.3 is 5.32 Å². The molecule has 2 unspecified atom stereocenters. The van der Waals surface area contributed by atoms with E-state index in [0.717, 1.165) is 13.0 Å². The van der Waals surface area contributed by atoms with E-state index in [1.165, 1.54) is 0 Å². The lowest BCUT2D eigenvalue weighted by atomic mass is 10.1. The minimum Gasteiger partial charge on any atom is -0.313 e. The number of rotatable bonds is 1. The van der Waals surface area contributed by atoms with Gasteiger partial charge in [-0.15, -0.1) is 0 Å². The van der Waals surface area contributed by atoms with Gasteiger partial charge in [0.2, 0.25) is 0 Å². The van der Waals surface area contributed by atoms with E-state index in [4.69, 9.17) is 0 Å². The van der Waals surface area contributed by atoms with Crippen molar-refractivity contribution in [3.05, 3.63) is 0 Å². The normalized spacial score (nSPS) is 38.2. The third-order valence-corrected chi connectivity index (χ3v) is 1.78. The molecule has 1 nitrogen and oxygen atoms in total. The predicted molar refractivity (Wildman–Crippen MR) is 31.5 cm³/mol. The van der Waals surface area contributed by atoms with Crippen LogP contribution >= 0.6 is 0 Å². The van der Waals surface area contributed by atoms with Crippen LogP contribution in [0.25, 0.3) is 0 Å². The summed E-state index contributed by atoms with van der Waals surface area (Å²) in [5, 5.41) is 3.00. The summed E-state index contributed by atoms with van der Waals surface area (Å²) in [4.78, 5) is 0. The molecule has 1 heterocycles. The van der Waals surface area contributed by atoms with Crippen molar-refractivity contribution in [3.8, 4) is 0 Å². The van der Waals surface area contributed by atoms with Gasteiger partial charge in [0.1, 0.15) is 6.17 Å². The number of alkyl halides is 1. The second kappa shape index (κ2) is 2.44. The highest BCUT2D eigenvalue weighted by Crippen LogP contribution is 2.14. The van der Waals surface area contributed by atoms with Gasteiger partial charge in [0.05, 0.1) is 0 Å². The highest BCUT2D eigenvalue weighted by molar-refractivity contribution is 4.79. The average Bonchev–Trinajstić information content (AvgIpc) is 2.14. The van der Waals surface area contributed by atoms with E-state index in [1.807, 2.05) is 6.92 Å². The first-order valence-corrected chi connectivity index (χ1v) is 3.19. The van der Waals surface area contributed by atoms with E-state index in [-0.39, 0.29) is 5.92 Å². The summed E-state index contributed by atoms with van der Waals surface area (Å²) in [6.45, 7) is 3.47. The molecule has 1 fully saturated rings. The highest BCUT2D eigenvalue weighted by atomic mass is 19.1. The summed E-state index contributed by atoms with van der Waals surface area (Å²) in [7, 11) is 0. The van der Waals surface area contributed by atoms with E-state index in [9.17, 15) is 4.39 Å². The fraction of sp³-hybridized carbons (Fsp3) is 1.00. The van der Waals surface area contributed by atoms with Crippen molar-refractivity contribution in [2.45, 2.75) is 19.5 Å². The molecule has 0 aliphatic carbocycles. The van der Waals surface area contributed by atoms with Crippen LogP contribution in [-0.2, 0) is 0 Å². The van der Waals surface area contributed by atoms with E-state index in [2.05, 4.69) is 5.32 Å². The third-order valence-electron chi connectivity index (χ3n) is 1.78. The quantitative estimate of drug-likeness (QED) is 0.539. The van der Waals surface area contributed by atoms with Gasteiger partial charge in [-0.2, -0.15) is 0 Å². The fourth-order valence-electron chi connectivity index (χ4n) is 1.10. The molecule has 48 valence electrons. The average molecular weight is 117 g/mol. The second-order valence-electron chi connectivity index (χ2n) is 2.34. The van der Waals surface area contributed by atoms with Gasteiger partial charge >= 0.3 is 0 Å². The van der Waals surface area contributed by atoms with Gasteiger partial charge in [0.15, 0.2) is 0 Å². The van der Waals surface area contributed by atoms with Crippen LogP contribution in [0.15, 0.2) is 0 Å². The largest absolute Gasteiger partial charge is 0.313 e. The third kappa shape index (κ3) is 0.996. The molecule has 0 bridgehead atoms. The van der Waals surface area contributed by atoms with Crippen molar-refractivity contribution >= 4 is 0 Å². The van der Waals surface area contributed by atoms with E-state index in [1.54, 1.807) is 0 Å². The van der Waals surface area contributed by atoms with Crippen LogP contribution in [0.4, 0.5) is 4.39 Å². The van der Waals surface area contributed by atoms with Crippen LogP contribution in [-0.4, -0.2) is 19.3 Å². The second-order valence-corrected chi connectivity index (χ2v) is 2.34. The topological polar surface area (TPSA) is 12.0 Å². The first-order valence-electron chi connectivity index (χ1n) is 3.19. The zero-order valence-electron chi connectivity index (χ0n) is 5.15. The Hall–Kier alpha value is -0.110. The molecule has 0 aromatic rings. The zero-order valence-corrected chi connectivity index (χ0v) is 5.15. The lowest BCUT2D eigenvalue weighted by Gasteiger charge is -2.05. The highest BCUT2D eigenvalue weighted by Gasteiger charge is 2.24. The molecule has 0 spiro atoms. The van der Waals surface area contributed by atoms with Crippen LogP contribution in [0.5, 0.6) is 0 Å². The first kappa shape index (κ1) is 6.02. The summed E-state index contributed by atoms with van der Waals surface area (Å²) in [5.74, 6) is 0.287. The van der Waals surface area contributed by atoms with Gasteiger partial charge in [-0.25, -0.2) is 4.39 Å². The molecule has 0 saturated carbocycles. The Morgan fingerprint density at radius 3 is 2.62 bits per heavy atom. The van der Waals surface area contributed by atoms with Crippen LogP contribution in [0.3, 0.4) is 0 Å². The molecule has 1 aliphatic heterocycles. The van der Waals surface area contributed by atoms with Gasteiger partial charge in [0, 0.05) is 19.0 Å². The van der Waals surface area contributed by atoms with Gasteiger partial charge in [-0.3, -0.25) is 0 Å². The maximum Gasteiger partial charge on any atom is 0.116 e. The Kier molecular flexibility index (Phi) is 1.84. The Morgan fingerprint density at radius 1 is 1.62 bits per heavy atom. The molecule has 1 rings (SSSR count). The van der Waals surface area contributed by atoms with E-state index < -0.39 is 6.17 Å². The summed E-state index contributed by atoms with van der Waals surface area (Å²) in [5.41, 5.74) is 0. The van der Waals surface area contributed by atoms with Gasteiger partial charge in [-0.1, -0.05) is 6.92 Å². The van der Waals surface area contributed by atoms with Crippen LogP contribution in [0, 0.1) is 5.92 Å². The minimum atomic E-state index is -0.583. The Labute approximate surface area is 49.3 Å². The van der Waals surface area contributed by atoms with Crippen molar-refractivity contribution in [1.29, 1.82) is 0 Å². The number of nitrogens with one attached hydrogen (secondary N) is 1. The van der Waals surface area contributed by atoms with Crippen molar-refractivity contribution in [1.82, 2.24) is 5.32 Å². The summed E-state index contributed by atoms with van der Waals surface area (Å²) in [6.07, 6.45) is 0.383. The van der Waals surface area contributed by atoms with Crippen molar-refractivity contribution in [2.24, 2.45) is 5.92 Å². The molecule has 1 saturated heterocycles. The molecule has 1 N–H and O–H groups in total. The van der Waals surface area contributed by atoms with Crippen LogP contribution in [0.2, 0.25) is 0 Å². The standard InChI is InChI=1S/C6H12FN/c1-2-5-3-8-4-6(5)7/h5-6,8H,2-4H2,1H3. The lowest BCUT2D eigenvalue weighted by Crippen LogP contribution is -2.10. The molecular formula is C6H12FN. The number of halogens is 1. The molecular weight excluding hydrogens is 105 g/mol. The zero-order chi connectivity index (χ0) is 5.98. The maximum absolute atomic E-state index is 12.5. The first-order chi connectivity index (χ1) is 3.84. The Balaban J connectivity index is 2.30. The van der Waals surface area contributed by atoms with Gasteiger partial charge in [-0.05, 0) is 6.42 Å². The SMILES string of the molecule is CCC1CNCC1F. The van der Waals surface area contributed by atoms with Crippen LogP contribution in [0.1, 0.15) is 13.3 Å². The van der Waals surface area contributed by atoms with E-state index in [0.29, 0.717) is 6.54 Å². The summed E-state index contributed by atoms with van der Waals surface area (Å²) in [6, 6.07) is 0. The Morgan fingerprint density at radius 2 is 2.38 bits per heavy atom. The van der Waals surface area contributed by atoms with Gasteiger partial charge in [0.25, 0.3) is 0 Å².